The fourth-order valence-corrected chi connectivity index (χ4v) is 2.32. The summed E-state index contributed by atoms with van der Waals surface area (Å²) in [5.74, 6) is 0. The minimum Gasteiger partial charge on any atom is -0.378 e. The van der Waals surface area contributed by atoms with Gasteiger partial charge in [0.2, 0.25) is 0 Å². The molecule has 2 rings (SSSR count). The van der Waals surface area contributed by atoms with Crippen molar-refractivity contribution in [1.82, 2.24) is 0 Å². The van der Waals surface area contributed by atoms with Crippen LogP contribution in [0.15, 0.2) is 0 Å². The third-order valence-electron chi connectivity index (χ3n) is 3.22. The summed E-state index contributed by atoms with van der Waals surface area (Å²) in [6.07, 6.45) is 4.29. The predicted molar refractivity (Wildman–Crippen MR) is 56.8 cm³/mol. The quantitative estimate of drug-likeness (QED) is 0.701. The van der Waals surface area contributed by atoms with Crippen LogP contribution in [-0.4, -0.2) is 44.7 Å². The SMILES string of the molecule is NCCCOC1CCOC2(CCOC2)C1. The van der Waals surface area contributed by atoms with Crippen molar-refractivity contribution >= 4 is 0 Å². The van der Waals surface area contributed by atoms with Gasteiger partial charge in [-0.05, 0) is 19.4 Å². The van der Waals surface area contributed by atoms with Crippen LogP contribution in [-0.2, 0) is 14.2 Å². The summed E-state index contributed by atoms with van der Waals surface area (Å²) in [5.41, 5.74) is 5.40. The van der Waals surface area contributed by atoms with Crippen molar-refractivity contribution < 1.29 is 14.2 Å². The Hall–Kier alpha value is -0.160. The first kappa shape index (κ1) is 11.3. The Morgan fingerprint density at radius 2 is 2.33 bits per heavy atom. The topological polar surface area (TPSA) is 53.7 Å². The zero-order valence-electron chi connectivity index (χ0n) is 9.24. The van der Waals surface area contributed by atoms with Crippen LogP contribution in [0.4, 0.5) is 0 Å². The zero-order chi connectivity index (χ0) is 10.6. The van der Waals surface area contributed by atoms with Crippen molar-refractivity contribution in [3.63, 3.8) is 0 Å². The lowest BCUT2D eigenvalue weighted by molar-refractivity contribution is -0.133. The maximum absolute atomic E-state index is 5.83. The molecule has 0 amide bonds. The number of nitrogens with two attached hydrogens (primary N) is 1. The van der Waals surface area contributed by atoms with E-state index in [-0.39, 0.29) is 5.60 Å². The number of rotatable bonds is 4. The second kappa shape index (κ2) is 5.25. The maximum atomic E-state index is 5.83. The van der Waals surface area contributed by atoms with Gasteiger partial charge < -0.3 is 19.9 Å². The van der Waals surface area contributed by atoms with Gasteiger partial charge in [-0.2, -0.15) is 0 Å². The van der Waals surface area contributed by atoms with Crippen LogP contribution in [0, 0.1) is 0 Å². The van der Waals surface area contributed by atoms with Gasteiger partial charge in [0.1, 0.15) is 0 Å². The van der Waals surface area contributed by atoms with E-state index in [1.165, 1.54) is 0 Å². The molecule has 2 heterocycles. The number of hydrogen-bond acceptors (Lipinski definition) is 4. The van der Waals surface area contributed by atoms with Crippen LogP contribution < -0.4 is 5.73 Å². The van der Waals surface area contributed by atoms with Crippen LogP contribution >= 0.6 is 0 Å². The van der Waals surface area contributed by atoms with Crippen LogP contribution in [0.5, 0.6) is 0 Å². The standard InChI is InChI=1S/C11H21NO3/c12-4-1-5-14-10-2-6-15-11(8-10)3-7-13-9-11/h10H,1-9,12H2. The first-order valence-electron chi connectivity index (χ1n) is 5.88. The molecule has 0 bridgehead atoms. The average molecular weight is 215 g/mol. The highest BCUT2D eigenvalue weighted by atomic mass is 16.6. The van der Waals surface area contributed by atoms with Crippen LogP contribution in [0.3, 0.4) is 0 Å². The van der Waals surface area contributed by atoms with Gasteiger partial charge in [-0.25, -0.2) is 0 Å². The van der Waals surface area contributed by atoms with Gasteiger partial charge in [0.05, 0.1) is 18.3 Å². The molecule has 4 heteroatoms. The second-order valence-corrected chi connectivity index (χ2v) is 4.46. The van der Waals surface area contributed by atoms with Crippen molar-refractivity contribution in [2.75, 3.05) is 33.0 Å². The zero-order valence-corrected chi connectivity index (χ0v) is 9.24. The molecule has 2 aliphatic heterocycles. The molecule has 0 aromatic rings. The summed E-state index contributed by atoms with van der Waals surface area (Å²) in [6.45, 7) is 3.85. The molecule has 88 valence electrons. The third-order valence-corrected chi connectivity index (χ3v) is 3.22. The average Bonchev–Trinajstić information content (AvgIpc) is 2.67. The summed E-state index contributed by atoms with van der Waals surface area (Å²) >= 11 is 0. The molecular weight excluding hydrogens is 194 g/mol. The van der Waals surface area contributed by atoms with E-state index in [1.54, 1.807) is 0 Å². The van der Waals surface area contributed by atoms with Crippen LogP contribution in [0.25, 0.3) is 0 Å². The minimum absolute atomic E-state index is 0.0361. The molecule has 2 unspecified atom stereocenters. The highest BCUT2D eigenvalue weighted by Crippen LogP contribution is 2.33. The molecule has 0 radical (unpaired) electrons. The van der Waals surface area contributed by atoms with E-state index in [9.17, 15) is 0 Å². The molecule has 2 atom stereocenters. The molecule has 4 nitrogen and oxygen atoms in total. The van der Waals surface area contributed by atoms with Crippen molar-refractivity contribution in [1.29, 1.82) is 0 Å². The van der Waals surface area contributed by atoms with Crippen molar-refractivity contribution in [2.45, 2.75) is 37.4 Å². The van der Waals surface area contributed by atoms with Crippen LogP contribution in [0.2, 0.25) is 0 Å². The van der Waals surface area contributed by atoms with E-state index in [0.717, 1.165) is 52.1 Å². The molecule has 0 aliphatic carbocycles. The molecule has 0 aromatic heterocycles. The Balaban J connectivity index is 1.76. The molecule has 2 aliphatic rings. The van der Waals surface area contributed by atoms with Gasteiger partial charge in [-0.15, -0.1) is 0 Å². The fraction of sp³-hybridized carbons (Fsp3) is 1.00. The number of hydrogen-bond donors (Lipinski definition) is 1. The van der Waals surface area contributed by atoms with Gasteiger partial charge >= 0.3 is 0 Å². The molecular formula is C11H21NO3. The molecule has 15 heavy (non-hydrogen) atoms. The molecule has 0 saturated carbocycles. The van der Waals surface area contributed by atoms with Crippen molar-refractivity contribution in [2.24, 2.45) is 5.73 Å². The summed E-state index contributed by atoms with van der Waals surface area (Å²) < 4.78 is 17.0. The highest BCUT2D eigenvalue weighted by molar-refractivity contribution is 4.90. The third kappa shape index (κ3) is 2.91. The fourth-order valence-electron chi connectivity index (χ4n) is 2.32. The Bertz CT molecular complexity index is 192. The second-order valence-electron chi connectivity index (χ2n) is 4.46. The Kier molecular flexibility index (Phi) is 3.97. The highest BCUT2D eigenvalue weighted by Gasteiger charge is 2.41. The Morgan fingerprint density at radius 3 is 3.07 bits per heavy atom. The Morgan fingerprint density at radius 1 is 1.40 bits per heavy atom. The predicted octanol–water partition coefficient (Wildman–Crippen LogP) is 0.690. The van der Waals surface area contributed by atoms with E-state index in [4.69, 9.17) is 19.9 Å². The first-order valence-corrected chi connectivity index (χ1v) is 5.88. The normalized spacial score (nSPS) is 36.2. The summed E-state index contributed by atoms with van der Waals surface area (Å²) in [7, 11) is 0. The van der Waals surface area contributed by atoms with Gasteiger partial charge in [-0.3, -0.25) is 0 Å². The van der Waals surface area contributed by atoms with Crippen molar-refractivity contribution in [3.05, 3.63) is 0 Å². The van der Waals surface area contributed by atoms with Crippen LogP contribution in [0.1, 0.15) is 25.7 Å². The lowest BCUT2D eigenvalue weighted by Crippen LogP contribution is -2.43. The maximum Gasteiger partial charge on any atom is 0.0961 e. The van der Waals surface area contributed by atoms with E-state index in [0.29, 0.717) is 12.6 Å². The Labute approximate surface area is 91.1 Å². The van der Waals surface area contributed by atoms with Gasteiger partial charge in [-0.1, -0.05) is 0 Å². The van der Waals surface area contributed by atoms with Gasteiger partial charge in [0.15, 0.2) is 0 Å². The van der Waals surface area contributed by atoms with Gasteiger partial charge in [0.25, 0.3) is 0 Å². The molecule has 2 fully saturated rings. The number of ether oxygens (including phenoxy) is 3. The molecule has 2 saturated heterocycles. The summed E-state index contributed by atoms with van der Waals surface area (Å²) in [6, 6.07) is 0. The smallest absolute Gasteiger partial charge is 0.0961 e. The summed E-state index contributed by atoms with van der Waals surface area (Å²) in [5, 5.41) is 0. The minimum atomic E-state index is -0.0361. The molecule has 2 N–H and O–H groups in total. The monoisotopic (exact) mass is 215 g/mol. The van der Waals surface area contributed by atoms with Crippen molar-refractivity contribution in [3.8, 4) is 0 Å². The molecule has 0 aromatic carbocycles. The van der Waals surface area contributed by atoms with E-state index in [1.807, 2.05) is 0 Å². The van der Waals surface area contributed by atoms with E-state index >= 15 is 0 Å². The first-order chi connectivity index (χ1) is 7.35. The summed E-state index contributed by atoms with van der Waals surface area (Å²) in [4.78, 5) is 0. The lowest BCUT2D eigenvalue weighted by Gasteiger charge is -2.36. The van der Waals surface area contributed by atoms with Gasteiger partial charge in [0, 0.05) is 32.7 Å². The lowest BCUT2D eigenvalue weighted by atomic mass is 9.91. The van der Waals surface area contributed by atoms with E-state index < -0.39 is 0 Å². The van der Waals surface area contributed by atoms with E-state index in [2.05, 4.69) is 0 Å². The largest absolute Gasteiger partial charge is 0.378 e. The molecule has 1 spiro atoms.